The van der Waals surface area contributed by atoms with Gasteiger partial charge in [0.2, 0.25) is 11.9 Å². The molecule has 0 amide bonds. The highest BCUT2D eigenvalue weighted by Crippen LogP contribution is 2.37. The maximum atomic E-state index is 9.57. The summed E-state index contributed by atoms with van der Waals surface area (Å²) in [5, 5.41) is 17.1. The van der Waals surface area contributed by atoms with Crippen LogP contribution < -0.4 is 10.6 Å². The lowest BCUT2D eigenvalue weighted by atomic mass is 9.86. The zero-order valence-electron chi connectivity index (χ0n) is 18.0. The van der Waals surface area contributed by atoms with E-state index in [-0.39, 0.29) is 12.6 Å². The lowest BCUT2D eigenvalue weighted by Crippen LogP contribution is -2.28. The van der Waals surface area contributed by atoms with Gasteiger partial charge in [-0.2, -0.15) is 4.98 Å². The molecular formula is C23H29ClN6O2. The van der Waals surface area contributed by atoms with Crippen LogP contribution in [0.1, 0.15) is 44.6 Å². The predicted octanol–water partition coefficient (Wildman–Crippen LogP) is 4.54. The van der Waals surface area contributed by atoms with Crippen molar-refractivity contribution in [3.8, 4) is 0 Å². The zero-order valence-corrected chi connectivity index (χ0v) is 18.8. The summed E-state index contributed by atoms with van der Waals surface area (Å²) in [7, 11) is 0. The Kier molecular flexibility index (Phi) is 6.43. The molecule has 3 aromatic rings. The summed E-state index contributed by atoms with van der Waals surface area (Å²) in [5.74, 6) is 1.75. The number of aliphatic hydroxyl groups excluding tert-OH is 1. The first-order valence-corrected chi connectivity index (χ1v) is 11.8. The van der Waals surface area contributed by atoms with Gasteiger partial charge in [-0.05, 0) is 62.6 Å². The first-order chi connectivity index (χ1) is 15.7. The second-order valence-electron chi connectivity index (χ2n) is 8.73. The van der Waals surface area contributed by atoms with Gasteiger partial charge in [-0.15, -0.1) is 0 Å². The number of nitrogens with zero attached hydrogens (tertiary/aromatic N) is 4. The summed E-state index contributed by atoms with van der Waals surface area (Å²) >= 11 is 6.19. The molecule has 0 bridgehead atoms. The monoisotopic (exact) mass is 456 g/mol. The molecule has 1 saturated carbocycles. The first kappa shape index (κ1) is 21.4. The molecule has 0 spiro atoms. The number of anilines is 3. The van der Waals surface area contributed by atoms with E-state index < -0.39 is 0 Å². The van der Waals surface area contributed by atoms with Crippen LogP contribution in [0.2, 0.25) is 5.02 Å². The smallest absolute Gasteiger partial charge is 0.224 e. The molecule has 1 aliphatic heterocycles. The molecule has 1 saturated heterocycles. The van der Waals surface area contributed by atoms with Crippen LogP contribution in [0, 0.1) is 5.92 Å². The highest BCUT2D eigenvalue weighted by Gasteiger charge is 2.27. The molecule has 170 valence electrons. The fourth-order valence-electron chi connectivity index (χ4n) is 4.70. The van der Waals surface area contributed by atoms with Crippen molar-refractivity contribution in [3.63, 3.8) is 0 Å². The molecule has 32 heavy (non-hydrogen) atoms. The Bertz CT molecular complexity index is 1060. The van der Waals surface area contributed by atoms with Crippen LogP contribution in [-0.2, 0) is 4.74 Å². The SMILES string of the molecule is OCC1CCC(n2c(Nc3cccc(Cl)c3)nc3cnc(NC4CCOCC4)nc32)CC1. The highest BCUT2D eigenvalue weighted by atomic mass is 35.5. The van der Waals surface area contributed by atoms with Crippen LogP contribution in [0.25, 0.3) is 11.2 Å². The van der Waals surface area contributed by atoms with Crippen molar-refractivity contribution in [1.29, 1.82) is 0 Å². The summed E-state index contributed by atoms with van der Waals surface area (Å²) in [5.41, 5.74) is 2.47. The number of aliphatic hydroxyl groups is 1. The lowest BCUT2D eigenvalue weighted by Gasteiger charge is -2.29. The first-order valence-electron chi connectivity index (χ1n) is 11.4. The summed E-state index contributed by atoms with van der Waals surface area (Å²) < 4.78 is 7.67. The van der Waals surface area contributed by atoms with Crippen molar-refractivity contribution < 1.29 is 9.84 Å². The molecule has 0 unspecified atom stereocenters. The van der Waals surface area contributed by atoms with Crippen molar-refractivity contribution >= 4 is 40.3 Å². The summed E-state index contributed by atoms with van der Waals surface area (Å²) in [6.45, 7) is 1.78. The third-order valence-corrected chi connectivity index (χ3v) is 6.74. The number of fused-ring (bicyclic) bond motifs is 1. The van der Waals surface area contributed by atoms with Gasteiger partial charge in [0.15, 0.2) is 5.65 Å². The van der Waals surface area contributed by atoms with Crippen LogP contribution in [0.15, 0.2) is 30.5 Å². The average Bonchev–Trinajstić information content (AvgIpc) is 3.17. The van der Waals surface area contributed by atoms with E-state index in [4.69, 9.17) is 26.3 Å². The van der Waals surface area contributed by atoms with Crippen molar-refractivity contribution in [1.82, 2.24) is 19.5 Å². The van der Waals surface area contributed by atoms with E-state index in [0.717, 1.165) is 74.5 Å². The standard InChI is InChI=1S/C23H29ClN6O2/c24-16-2-1-3-18(12-16)27-23-28-20-13-25-22(26-17-8-10-32-11-9-17)29-21(20)30(23)19-6-4-15(14-31)5-7-19/h1-3,12-13,15,17,19,31H,4-11,14H2,(H,27,28)(H,25,26,29). The van der Waals surface area contributed by atoms with Gasteiger partial charge in [0.25, 0.3) is 0 Å². The topological polar surface area (TPSA) is 97.1 Å². The second-order valence-corrected chi connectivity index (χ2v) is 9.17. The van der Waals surface area contributed by atoms with E-state index in [1.807, 2.05) is 24.3 Å². The van der Waals surface area contributed by atoms with Crippen molar-refractivity contribution in [3.05, 3.63) is 35.5 Å². The van der Waals surface area contributed by atoms with Gasteiger partial charge in [0.1, 0.15) is 5.52 Å². The Morgan fingerprint density at radius 1 is 1.09 bits per heavy atom. The van der Waals surface area contributed by atoms with Gasteiger partial charge >= 0.3 is 0 Å². The maximum absolute atomic E-state index is 9.57. The van der Waals surface area contributed by atoms with Gasteiger partial charge < -0.3 is 20.5 Å². The summed E-state index contributed by atoms with van der Waals surface area (Å²) in [6, 6.07) is 8.21. The molecule has 5 rings (SSSR count). The molecule has 3 N–H and O–H groups in total. The van der Waals surface area contributed by atoms with Crippen molar-refractivity contribution in [2.45, 2.75) is 50.6 Å². The summed E-state index contributed by atoms with van der Waals surface area (Å²) in [6.07, 6.45) is 7.65. The van der Waals surface area contributed by atoms with E-state index in [2.05, 4.69) is 20.2 Å². The molecule has 1 aliphatic carbocycles. The van der Waals surface area contributed by atoms with Gasteiger partial charge in [0, 0.05) is 42.6 Å². The van der Waals surface area contributed by atoms with Gasteiger partial charge in [0.05, 0.1) is 6.20 Å². The molecule has 8 nitrogen and oxygen atoms in total. The van der Waals surface area contributed by atoms with Crippen LogP contribution in [0.4, 0.5) is 17.6 Å². The molecule has 2 fully saturated rings. The van der Waals surface area contributed by atoms with Crippen molar-refractivity contribution in [2.24, 2.45) is 5.92 Å². The Balaban J connectivity index is 1.49. The van der Waals surface area contributed by atoms with Crippen LogP contribution in [0.5, 0.6) is 0 Å². The van der Waals surface area contributed by atoms with Crippen LogP contribution in [0.3, 0.4) is 0 Å². The Hall–Kier alpha value is -2.42. The molecular weight excluding hydrogens is 428 g/mol. The number of ether oxygens (including phenoxy) is 1. The average molecular weight is 457 g/mol. The molecule has 0 radical (unpaired) electrons. The molecule has 2 aromatic heterocycles. The predicted molar refractivity (Wildman–Crippen MR) is 126 cm³/mol. The van der Waals surface area contributed by atoms with E-state index in [9.17, 15) is 5.11 Å². The molecule has 3 heterocycles. The molecule has 9 heteroatoms. The Labute approximate surface area is 192 Å². The maximum Gasteiger partial charge on any atom is 0.224 e. The van der Waals surface area contributed by atoms with E-state index >= 15 is 0 Å². The fourth-order valence-corrected chi connectivity index (χ4v) is 4.89. The number of hydrogen-bond acceptors (Lipinski definition) is 7. The number of benzene rings is 1. The lowest BCUT2D eigenvalue weighted by molar-refractivity contribution is 0.0903. The van der Waals surface area contributed by atoms with Crippen LogP contribution >= 0.6 is 11.6 Å². The summed E-state index contributed by atoms with van der Waals surface area (Å²) in [4.78, 5) is 14.2. The Morgan fingerprint density at radius 3 is 2.66 bits per heavy atom. The zero-order chi connectivity index (χ0) is 21.9. The molecule has 0 atom stereocenters. The highest BCUT2D eigenvalue weighted by molar-refractivity contribution is 6.30. The third-order valence-electron chi connectivity index (χ3n) is 6.51. The third kappa shape index (κ3) is 4.67. The molecule has 1 aromatic carbocycles. The quantitative estimate of drug-likeness (QED) is 0.501. The minimum absolute atomic E-state index is 0.256. The second kappa shape index (κ2) is 9.60. The largest absolute Gasteiger partial charge is 0.396 e. The van der Waals surface area contributed by atoms with Gasteiger partial charge in [-0.3, -0.25) is 4.57 Å². The number of hydrogen-bond donors (Lipinski definition) is 3. The number of aromatic nitrogens is 4. The normalized spacial score (nSPS) is 22.2. The van der Waals surface area contributed by atoms with E-state index in [1.54, 1.807) is 6.20 Å². The van der Waals surface area contributed by atoms with E-state index in [0.29, 0.717) is 22.9 Å². The number of imidazole rings is 1. The van der Waals surface area contributed by atoms with Gasteiger partial charge in [-0.1, -0.05) is 17.7 Å². The minimum Gasteiger partial charge on any atom is -0.396 e. The Morgan fingerprint density at radius 2 is 1.91 bits per heavy atom. The number of halogens is 1. The van der Waals surface area contributed by atoms with Crippen molar-refractivity contribution in [2.75, 3.05) is 30.5 Å². The number of nitrogens with one attached hydrogen (secondary N) is 2. The van der Waals surface area contributed by atoms with Crippen LogP contribution in [-0.4, -0.2) is 50.5 Å². The van der Waals surface area contributed by atoms with E-state index in [1.165, 1.54) is 0 Å². The minimum atomic E-state index is 0.256. The fraction of sp³-hybridized carbons (Fsp3) is 0.522. The number of rotatable bonds is 6. The van der Waals surface area contributed by atoms with Gasteiger partial charge in [-0.25, -0.2) is 9.97 Å². The molecule has 2 aliphatic rings.